The number of nitro benzene ring substituents is 1. The van der Waals surface area contributed by atoms with Crippen LogP contribution in [0.1, 0.15) is 20.7 Å². The van der Waals surface area contributed by atoms with E-state index in [-0.39, 0.29) is 11.3 Å². The Kier molecular flexibility index (Phi) is 4.17. The van der Waals surface area contributed by atoms with Gasteiger partial charge in [0.15, 0.2) is 0 Å². The quantitative estimate of drug-likeness (QED) is 0.443. The number of methoxy groups -OCH3 is 1. The van der Waals surface area contributed by atoms with Gasteiger partial charge in [-0.3, -0.25) is 14.9 Å². The molecule has 0 unspecified atom stereocenters. The molecule has 0 radical (unpaired) electrons. The molecule has 0 atom stereocenters. The number of furan rings is 1. The molecular weight excluding hydrogens is 328 g/mol. The van der Waals surface area contributed by atoms with E-state index >= 15 is 0 Å². The first-order valence-corrected chi connectivity index (χ1v) is 7.15. The van der Waals surface area contributed by atoms with Gasteiger partial charge in [-0.15, -0.1) is 0 Å². The molecular formula is C17H12N2O6. The van der Waals surface area contributed by atoms with Crippen LogP contribution in [0.25, 0.3) is 11.0 Å². The van der Waals surface area contributed by atoms with Gasteiger partial charge in [0.05, 0.1) is 23.2 Å². The Morgan fingerprint density at radius 2 is 1.88 bits per heavy atom. The first kappa shape index (κ1) is 16.2. The molecule has 25 heavy (non-hydrogen) atoms. The minimum Gasteiger partial charge on any atom is -0.465 e. The average molecular weight is 340 g/mol. The Hall–Kier alpha value is -3.68. The number of nitrogens with zero attached hydrogens (tertiary/aromatic N) is 1. The molecule has 126 valence electrons. The minimum atomic E-state index is -0.542. The maximum atomic E-state index is 12.4. The fourth-order valence-electron chi connectivity index (χ4n) is 2.31. The molecule has 1 N–H and O–H groups in total. The van der Waals surface area contributed by atoms with E-state index in [1.807, 2.05) is 0 Å². The summed E-state index contributed by atoms with van der Waals surface area (Å²) in [6.07, 6.45) is 1.24. The summed E-state index contributed by atoms with van der Waals surface area (Å²) in [5, 5.41) is 13.9. The average Bonchev–Trinajstić information content (AvgIpc) is 3.04. The van der Waals surface area contributed by atoms with Gasteiger partial charge in [-0.1, -0.05) is 0 Å². The van der Waals surface area contributed by atoms with Crippen LogP contribution < -0.4 is 5.32 Å². The van der Waals surface area contributed by atoms with Crippen molar-refractivity contribution in [2.24, 2.45) is 0 Å². The number of nitrogens with one attached hydrogen (secondary N) is 1. The van der Waals surface area contributed by atoms with Crippen molar-refractivity contribution in [3.05, 3.63) is 70.0 Å². The standard InChI is InChI=1S/C17H12N2O6/c1-24-17(21)10-2-4-11(5-3-10)18-16(20)14-9-25-15-7-6-12(19(22)23)8-13(14)15/h2-9H,1H3,(H,18,20). The van der Waals surface area contributed by atoms with Crippen LogP contribution in [0.5, 0.6) is 0 Å². The van der Waals surface area contributed by atoms with Crippen LogP contribution in [-0.4, -0.2) is 23.9 Å². The van der Waals surface area contributed by atoms with Gasteiger partial charge in [-0.2, -0.15) is 0 Å². The fraction of sp³-hybridized carbons (Fsp3) is 0.0588. The summed E-state index contributed by atoms with van der Waals surface area (Å²) in [5.74, 6) is -0.962. The van der Waals surface area contributed by atoms with E-state index in [1.54, 1.807) is 12.1 Å². The molecule has 1 aromatic heterocycles. The zero-order chi connectivity index (χ0) is 18.0. The predicted octanol–water partition coefficient (Wildman–Crippen LogP) is 3.38. The van der Waals surface area contributed by atoms with Crippen LogP contribution in [0.2, 0.25) is 0 Å². The number of carbonyl (C=O) groups is 2. The van der Waals surface area contributed by atoms with Crippen LogP contribution in [0, 0.1) is 10.1 Å². The molecule has 0 saturated carbocycles. The lowest BCUT2D eigenvalue weighted by atomic mass is 10.1. The number of hydrogen-bond acceptors (Lipinski definition) is 6. The number of non-ortho nitro benzene ring substituents is 1. The van der Waals surface area contributed by atoms with Crippen molar-refractivity contribution in [3.63, 3.8) is 0 Å². The normalized spacial score (nSPS) is 10.4. The second kappa shape index (κ2) is 6.44. The Balaban J connectivity index is 1.86. The SMILES string of the molecule is COC(=O)c1ccc(NC(=O)c2coc3ccc([N+](=O)[O-])cc23)cc1. The molecule has 0 aliphatic carbocycles. The van der Waals surface area contributed by atoms with Crippen LogP contribution in [0.3, 0.4) is 0 Å². The Morgan fingerprint density at radius 1 is 1.16 bits per heavy atom. The van der Waals surface area contributed by atoms with E-state index in [2.05, 4.69) is 10.1 Å². The number of fused-ring (bicyclic) bond motifs is 1. The zero-order valence-electron chi connectivity index (χ0n) is 13.0. The second-order valence-electron chi connectivity index (χ2n) is 5.11. The number of rotatable bonds is 4. The molecule has 3 aromatic rings. The molecule has 8 nitrogen and oxygen atoms in total. The summed E-state index contributed by atoms with van der Waals surface area (Å²) >= 11 is 0. The highest BCUT2D eigenvalue weighted by Gasteiger charge is 2.17. The molecule has 0 bridgehead atoms. The van der Waals surface area contributed by atoms with Crippen LogP contribution in [0.15, 0.2) is 53.1 Å². The third-order valence-corrected chi connectivity index (χ3v) is 3.58. The van der Waals surface area contributed by atoms with Gasteiger partial charge in [0.2, 0.25) is 0 Å². The smallest absolute Gasteiger partial charge is 0.337 e. The maximum Gasteiger partial charge on any atom is 0.337 e. The predicted molar refractivity (Wildman–Crippen MR) is 88.6 cm³/mol. The van der Waals surface area contributed by atoms with Crippen LogP contribution in [0.4, 0.5) is 11.4 Å². The molecule has 8 heteroatoms. The molecule has 1 heterocycles. The van der Waals surface area contributed by atoms with Gasteiger partial charge in [-0.05, 0) is 30.3 Å². The number of hydrogen-bond donors (Lipinski definition) is 1. The third-order valence-electron chi connectivity index (χ3n) is 3.58. The van der Waals surface area contributed by atoms with E-state index in [9.17, 15) is 19.7 Å². The number of anilines is 1. The van der Waals surface area contributed by atoms with Crippen molar-refractivity contribution in [1.29, 1.82) is 0 Å². The summed E-state index contributed by atoms with van der Waals surface area (Å²) in [5.41, 5.74) is 1.22. The van der Waals surface area contributed by atoms with E-state index in [1.165, 1.54) is 43.7 Å². The lowest BCUT2D eigenvalue weighted by molar-refractivity contribution is -0.384. The van der Waals surface area contributed by atoms with Crippen molar-refractivity contribution in [3.8, 4) is 0 Å². The Labute approximate surface area is 141 Å². The molecule has 0 spiro atoms. The third kappa shape index (κ3) is 3.18. The van der Waals surface area contributed by atoms with Crippen molar-refractivity contribution in [1.82, 2.24) is 0 Å². The van der Waals surface area contributed by atoms with Gasteiger partial charge >= 0.3 is 5.97 Å². The Bertz CT molecular complexity index is 974. The lowest BCUT2D eigenvalue weighted by Gasteiger charge is -2.05. The molecule has 1 amide bonds. The highest BCUT2D eigenvalue weighted by molar-refractivity contribution is 6.12. The number of benzene rings is 2. The second-order valence-corrected chi connectivity index (χ2v) is 5.11. The minimum absolute atomic E-state index is 0.134. The zero-order valence-corrected chi connectivity index (χ0v) is 13.0. The number of nitro groups is 1. The van der Waals surface area contributed by atoms with Gasteiger partial charge in [0.25, 0.3) is 11.6 Å². The van der Waals surface area contributed by atoms with E-state index in [0.717, 1.165) is 0 Å². The van der Waals surface area contributed by atoms with E-state index in [4.69, 9.17) is 4.42 Å². The van der Waals surface area contributed by atoms with Crippen LogP contribution >= 0.6 is 0 Å². The van der Waals surface area contributed by atoms with Crippen molar-refractivity contribution in [2.75, 3.05) is 12.4 Å². The summed E-state index contributed by atoms with van der Waals surface area (Å²) in [6, 6.07) is 10.2. The summed E-state index contributed by atoms with van der Waals surface area (Å²) in [6.45, 7) is 0. The first-order valence-electron chi connectivity index (χ1n) is 7.15. The first-order chi connectivity index (χ1) is 12.0. The molecule has 0 saturated heterocycles. The number of carbonyl (C=O) groups excluding carboxylic acids is 2. The van der Waals surface area contributed by atoms with Gasteiger partial charge < -0.3 is 14.5 Å². The van der Waals surface area contributed by atoms with E-state index < -0.39 is 16.8 Å². The molecule has 0 aliphatic heterocycles. The Morgan fingerprint density at radius 3 is 2.52 bits per heavy atom. The number of esters is 1. The van der Waals surface area contributed by atoms with Crippen molar-refractivity contribution < 1.29 is 23.7 Å². The summed E-state index contributed by atoms with van der Waals surface area (Å²) in [4.78, 5) is 34.1. The lowest BCUT2D eigenvalue weighted by Crippen LogP contribution is -2.11. The summed E-state index contributed by atoms with van der Waals surface area (Å²) in [7, 11) is 1.28. The number of ether oxygens (including phenoxy) is 1. The van der Waals surface area contributed by atoms with Crippen LogP contribution in [-0.2, 0) is 4.74 Å². The molecule has 3 rings (SSSR count). The van der Waals surface area contributed by atoms with Crippen molar-refractivity contribution >= 4 is 34.2 Å². The van der Waals surface area contributed by atoms with Gasteiger partial charge in [0, 0.05) is 23.2 Å². The maximum absolute atomic E-state index is 12.4. The highest BCUT2D eigenvalue weighted by atomic mass is 16.6. The van der Waals surface area contributed by atoms with E-state index in [0.29, 0.717) is 22.2 Å². The highest BCUT2D eigenvalue weighted by Crippen LogP contribution is 2.26. The van der Waals surface area contributed by atoms with Crippen molar-refractivity contribution in [2.45, 2.75) is 0 Å². The summed E-state index contributed by atoms with van der Waals surface area (Å²) < 4.78 is 9.86. The molecule has 0 aliphatic rings. The molecule has 2 aromatic carbocycles. The largest absolute Gasteiger partial charge is 0.465 e. The number of amides is 1. The topological polar surface area (TPSA) is 112 Å². The van der Waals surface area contributed by atoms with Gasteiger partial charge in [-0.25, -0.2) is 4.79 Å². The molecule has 0 fully saturated rings. The van der Waals surface area contributed by atoms with Gasteiger partial charge in [0.1, 0.15) is 11.8 Å². The monoisotopic (exact) mass is 340 g/mol. The fourth-order valence-corrected chi connectivity index (χ4v) is 2.31.